The van der Waals surface area contributed by atoms with Crippen molar-refractivity contribution in [1.82, 2.24) is 0 Å². The van der Waals surface area contributed by atoms with Crippen LogP contribution in [-0.2, 0) is 6.42 Å². The monoisotopic (exact) mass is 207 g/mol. The van der Waals surface area contributed by atoms with Crippen LogP contribution in [0.3, 0.4) is 0 Å². The van der Waals surface area contributed by atoms with Crippen LogP contribution in [0.5, 0.6) is 0 Å². The maximum atomic E-state index is 5.55. The van der Waals surface area contributed by atoms with E-state index in [2.05, 4.69) is 42.5 Å². The molecule has 0 radical (unpaired) electrons. The van der Waals surface area contributed by atoms with E-state index in [0.717, 1.165) is 6.42 Å². The fourth-order valence-corrected chi connectivity index (χ4v) is 1.67. The molecule has 0 bridgehead atoms. The van der Waals surface area contributed by atoms with Gasteiger partial charge in [-0.15, -0.1) is 12.4 Å². The Labute approximate surface area is 90.3 Å². The number of nitrogens with two attached hydrogens (primary N) is 1. The van der Waals surface area contributed by atoms with Crippen LogP contribution in [0.15, 0.2) is 42.5 Å². The third-order valence-electron chi connectivity index (χ3n) is 2.29. The molecule has 0 saturated heterocycles. The van der Waals surface area contributed by atoms with E-state index in [9.17, 15) is 0 Å². The molecule has 0 amide bonds. The predicted octanol–water partition coefficient (Wildman–Crippen LogP) is 2.76. The van der Waals surface area contributed by atoms with E-state index in [1.807, 2.05) is 0 Å². The minimum absolute atomic E-state index is 0. The summed E-state index contributed by atoms with van der Waals surface area (Å²) in [4.78, 5) is 0. The average Bonchev–Trinajstić information content (AvgIpc) is 2.19. The van der Waals surface area contributed by atoms with E-state index in [1.54, 1.807) is 0 Å². The molecule has 0 heterocycles. The van der Waals surface area contributed by atoms with Gasteiger partial charge >= 0.3 is 0 Å². The Morgan fingerprint density at radius 2 is 1.64 bits per heavy atom. The highest BCUT2D eigenvalue weighted by Gasteiger charge is 1.97. The van der Waals surface area contributed by atoms with Gasteiger partial charge < -0.3 is 5.73 Å². The highest BCUT2D eigenvalue weighted by atomic mass is 35.5. The first kappa shape index (κ1) is 11.0. The molecule has 0 saturated carbocycles. The van der Waals surface area contributed by atoms with Gasteiger partial charge in [0.05, 0.1) is 0 Å². The van der Waals surface area contributed by atoms with Crippen LogP contribution in [0, 0.1) is 0 Å². The van der Waals surface area contributed by atoms with E-state index >= 15 is 0 Å². The van der Waals surface area contributed by atoms with Crippen molar-refractivity contribution in [3.05, 3.63) is 48.0 Å². The third kappa shape index (κ3) is 2.06. The topological polar surface area (TPSA) is 26.0 Å². The molecule has 2 aromatic rings. The van der Waals surface area contributed by atoms with Gasteiger partial charge in [-0.05, 0) is 29.3 Å². The Morgan fingerprint density at radius 3 is 2.43 bits per heavy atom. The van der Waals surface area contributed by atoms with Crippen LogP contribution < -0.4 is 5.73 Å². The first-order valence-corrected chi connectivity index (χ1v) is 4.58. The zero-order chi connectivity index (χ0) is 9.10. The van der Waals surface area contributed by atoms with E-state index in [1.165, 1.54) is 16.3 Å². The van der Waals surface area contributed by atoms with Crippen molar-refractivity contribution in [2.24, 2.45) is 5.73 Å². The standard InChI is InChI=1S/C12H13N.ClH/c13-9-8-11-6-3-5-10-4-1-2-7-12(10)11;/h1-7H,8-9,13H2;1H. The fourth-order valence-electron chi connectivity index (χ4n) is 1.67. The summed E-state index contributed by atoms with van der Waals surface area (Å²) >= 11 is 0. The molecule has 1 nitrogen and oxygen atoms in total. The Hall–Kier alpha value is -1.05. The summed E-state index contributed by atoms with van der Waals surface area (Å²) in [5.74, 6) is 0. The highest BCUT2D eigenvalue weighted by Crippen LogP contribution is 2.18. The second-order valence-electron chi connectivity index (χ2n) is 3.18. The molecule has 0 aromatic heterocycles. The average molecular weight is 208 g/mol. The summed E-state index contributed by atoms with van der Waals surface area (Å²) in [6.07, 6.45) is 0.960. The normalized spacial score (nSPS) is 9.79. The largest absolute Gasteiger partial charge is 0.330 e. The number of rotatable bonds is 2. The van der Waals surface area contributed by atoms with Gasteiger partial charge in [0, 0.05) is 0 Å². The van der Waals surface area contributed by atoms with Crippen molar-refractivity contribution in [2.75, 3.05) is 6.54 Å². The molecule has 2 rings (SSSR count). The second-order valence-corrected chi connectivity index (χ2v) is 3.18. The lowest BCUT2D eigenvalue weighted by molar-refractivity contribution is 0.977. The molecule has 0 atom stereocenters. The maximum Gasteiger partial charge on any atom is -0.00365 e. The zero-order valence-electron chi connectivity index (χ0n) is 7.94. The molecule has 2 N–H and O–H groups in total. The minimum Gasteiger partial charge on any atom is -0.330 e. The summed E-state index contributed by atoms with van der Waals surface area (Å²) in [5, 5.41) is 2.63. The van der Waals surface area contributed by atoms with Gasteiger partial charge in [-0.3, -0.25) is 0 Å². The van der Waals surface area contributed by atoms with Gasteiger partial charge in [0.25, 0.3) is 0 Å². The van der Waals surface area contributed by atoms with Gasteiger partial charge in [0.2, 0.25) is 0 Å². The number of benzene rings is 2. The molecular formula is C12H14ClN. The highest BCUT2D eigenvalue weighted by molar-refractivity contribution is 5.85. The molecule has 0 unspecified atom stereocenters. The summed E-state index contributed by atoms with van der Waals surface area (Å²) in [6, 6.07) is 14.8. The lowest BCUT2D eigenvalue weighted by Gasteiger charge is -2.03. The summed E-state index contributed by atoms with van der Waals surface area (Å²) in [7, 11) is 0. The first-order valence-electron chi connectivity index (χ1n) is 4.58. The molecule has 2 heteroatoms. The van der Waals surface area contributed by atoms with Crippen LogP contribution >= 0.6 is 12.4 Å². The smallest absolute Gasteiger partial charge is 0.00365 e. The van der Waals surface area contributed by atoms with Crippen molar-refractivity contribution in [1.29, 1.82) is 0 Å². The molecule has 74 valence electrons. The van der Waals surface area contributed by atoms with Crippen molar-refractivity contribution in [2.45, 2.75) is 6.42 Å². The van der Waals surface area contributed by atoms with Crippen molar-refractivity contribution in [3.63, 3.8) is 0 Å². The van der Waals surface area contributed by atoms with Crippen LogP contribution in [0.2, 0.25) is 0 Å². The lowest BCUT2D eigenvalue weighted by atomic mass is 10.0. The molecule has 14 heavy (non-hydrogen) atoms. The first-order chi connectivity index (χ1) is 6.42. The van der Waals surface area contributed by atoms with Crippen molar-refractivity contribution >= 4 is 23.2 Å². The minimum atomic E-state index is 0. The Kier molecular flexibility index (Phi) is 3.93. The van der Waals surface area contributed by atoms with Gasteiger partial charge in [0.1, 0.15) is 0 Å². The third-order valence-corrected chi connectivity index (χ3v) is 2.29. The molecular weight excluding hydrogens is 194 g/mol. The van der Waals surface area contributed by atoms with E-state index in [4.69, 9.17) is 5.73 Å². The molecule has 0 fully saturated rings. The van der Waals surface area contributed by atoms with Crippen LogP contribution in [0.1, 0.15) is 5.56 Å². The Morgan fingerprint density at radius 1 is 0.929 bits per heavy atom. The van der Waals surface area contributed by atoms with E-state index < -0.39 is 0 Å². The lowest BCUT2D eigenvalue weighted by Crippen LogP contribution is -2.02. The number of fused-ring (bicyclic) bond motifs is 1. The van der Waals surface area contributed by atoms with Gasteiger partial charge in [0.15, 0.2) is 0 Å². The quantitative estimate of drug-likeness (QED) is 0.805. The number of hydrogen-bond acceptors (Lipinski definition) is 1. The maximum absolute atomic E-state index is 5.55. The van der Waals surface area contributed by atoms with Crippen LogP contribution in [0.4, 0.5) is 0 Å². The van der Waals surface area contributed by atoms with E-state index in [0.29, 0.717) is 6.54 Å². The van der Waals surface area contributed by atoms with Gasteiger partial charge in [-0.25, -0.2) is 0 Å². The molecule has 0 aliphatic carbocycles. The molecule has 0 aliphatic heterocycles. The van der Waals surface area contributed by atoms with Crippen LogP contribution in [0.25, 0.3) is 10.8 Å². The summed E-state index contributed by atoms with van der Waals surface area (Å²) in [6.45, 7) is 0.716. The predicted molar refractivity (Wildman–Crippen MR) is 64.0 cm³/mol. The van der Waals surface area contributed by atoms with Crippen LogP contribution in [-0.4, -0.2) is 6.54 Å². The molecule has 2 aromatic carbocycles. The summed E-state index contributed by atoms with van der Waals surface area (Å²) < 4.78 is 0. The van der Waals surface area contributed by atoms with Gasteiger partial charge in [-0.2, -0.15) is 0 Å². The summed E-state index contributed by atoms with van der Waals surface area (Å²) in [5.41, 5.74) is 6.90. The van der Waals surface area contributed by atoms with E-state index in [-0.39, 0.29) is 12.4 Å². The molecule has 0 aliphatic rings. The zero-order valence-corrected chi connectivity index (χ0v) is 8.76. The van der Waals surface area contributed by atoms with Crippen molar-refractivity contribution in [3.8, 4) is 0 Å². The van der Waals surface area contributed by atoms with Crippen molar-refractivity contribution < 1.29 is 0 Å². The Balaban J connectivity index is 0.000000980. The number of halogens is 1. The fraction of sp³-hybridized carbons (Fsp3) is 0.167. The van der Waals surface area contributed by atoms with Gasteiger partial charge in [-0.1, -0.05) is 42.5 Å². The second kappa shape index (κ2) is 4.99. The number of hydrogen-bond donors (Lipinski definition) is 1. The molecule has 0 spiro atoms. The SMILES string of the molecule is Cl.NCCc1cccc2ccccc12. The Bertz CT molecular complexity index is 406.